The average molecular weight is 288 g/mol. The number of aliphatic hydroxyl groups is 1. The number of rotatable bonds is 2. The summed E-state index contributed by atoms with van der Waals surface area (Å²) in [6.07, 6.45) is -0.892. The third-order valence-electron chi connectivity index (χ3n) is 2.99. The first-order valence-electron chi connectivity index (χ1n) is 5.57. The van der Waals surface area contributed by atoms with Crippen molar-refractivity contribution in [2.75, 3.05) is 6.54 Å². The second kappa shape index (κ2) is 5.14. The van der Waals surface area contributed by atoms with Gasteiger partial charge in [0.05, 0.1) is 11.1 Å². The summed E-state index contributed by atoms with van der Waals surface area (Å²) < 4.78 is 13.0. The topological polar surface area (TPSA) is 77.8 Å². The molecule has 1 aliphatic heterocycles. The molecule has 2 atom stereocenters. The molecule has 2 rings (SSSR count). The molecule has 1 saturated heterocycles. The van der Waals surface area contributed by atoms with Crippen LogP contribution in [-0.2, 0) is 4.79 Å². The van der Waals surface area contributed by atoms with Gasteiger partial charge in [0.1, 0.15) is 11.9 Å². The molecule has 7 heteroatoms. The fourth-order valence-corrected chi connectivity index (χ4v) is 2.25. The number of amides is 1. The van der Waals surface area contributed by atoms with Crippen LogP contribution in [0.5, 0.6) is 0 Å². The van der Waals surface area contributed by atoms with Gasteiger partial charge in [-0.05, 0) is 18.2 Å². The summed E-state index contributed by atoms with van der Waals surface area (Å²) >= 11 is 5.58. The van der Waals surface area contributed by atoms with E-state index in [9.17, 15) is 19.1 Å². The quantitative estimate of drug-likeness (QED) is 0.855. The number of aliphatic hydroxyl groups excluding tert-OH is 1. The van der Waals surface area contributed by atoms with Crippen LogP contribution in [0.25, 0.3) is 0 Å². The summed E-state index contributed by atoms with van der Waals surface area (Å²) in [5.41, 5.74) is 0.0896. The molecule has 19 heavy (non-hydrogen) atoms. The Bertz CT molecular complexity index is 536. The van der Waals surface area contributed by atoms with E-state index in [1.54, 1.807) is 0 Å². The standard InChI is InChI=1S/C12H11ClFNO4/c13-8-3-6(1-2-9(8)14)11(17)15-5-7(16)4-10(15)12(18)19/h1-3,7,10,16H,4-5H2,(H,18,19)/t7-,10-/m1/s1. The van der Waals surface area contributed by atoms with E-state index in [2.05, 4.69) is 0 Å². The van der Waals surface area contributed by atoms with Crippen LogP contribution in [0.2, 0.25) is 5.02 Å². The predicted octanol–water partition coefficient (Wildman–Crippen LogP) is 1.14. The van der Waals surface area contributed by atoms with Gasteiger partial charge in [0.15, 0.2) is 0 Å². The molecule has 5 nitrogen and oxygen atoms in total. The van der Waals surface area contributed by atoms with Gasteiger partial charge in [-0.3, -0.25) is 4.79 Å². The lowest BCUT2D eigenvalue weighted by Crippen LogP contribution is -2.40. The highest BCUT2D eigenvalue weighted by molar-refractivity contribution is 6.31. The molecule has 1 heterocycles. The Balaban J connectivity index is 2.27. The monoisotopic (exact) mass is 287 g/mol. The van der Waals surface area contributed by atoms with Crippen molar-refractivity contribution in [3.63, 3.8) is 0 Å². The number of hydrogen-bond acceptors (Lipinski definition) is 3. The molecule has 1 aliphatic rings. The van der Waals surface area contributed by atoms with Gasteiger partial charge in [0.25, 0.3) is 5.91 Å². The van der Waals surface area contributed by atoms with Crippen LogP contribution >= 0.6 is 11.6 Å². The minimum Gasteiger partial charge on any atom is -0.480 e. The number of carbonyl (C=O) groups is 2. The molecule has 102 valence electrons. The van der Waals surface area contributed by atoms with Gasteiger partial charge < -0.3 is 15.1 Å². The molecule has 1 amide bonds. The van der Waals surface area contributed by atoms with Crippen LogP contribution < -0.4 is 0 Å². The van der Waals surface area contributed by atoms with Crippen molar-refractivity contribution in [3.8, 4) is 0 Å². The number of carbonyl (C=O) groups excluding carboxylic acids is 1. The number of benzene rings is 1. The maximum Gasteiger partial charge on any atom is 0.326 e. The van der Waals surface area contributed by atoms with Gasteiger partial charge in [0.2, 0.25) is 0 Å². The molecule has 0 aliphatic carbocycles. The van der Waals surface area contributed by atoms with Gasteiger partial charge in [-0.15, -0.1) is 0 Å². The number of nitrogens with zero attached hydrogens (tertiary/aromatic N) is 1. The fourth-order valence-electron chi connectivity index (χ4n) is 2.07. The molecule has 0 bridgehead atoms. The zero-order valence-electron chi connectivity index (χ0n) is 9.72. The second-order valence-corrected chi connectivity index (χ2v) is 4.74. The minimum absolute atomic E-state index is 0.0179. The van der Waals surface area contributed by atoms with Crippen LogP contribution in [0.1, 0.15) is 16.8 Å². The number of hydrogen-bond donors (Lipinski definition) is 2. The number of likely N-dealkylation sites (tertiary alicyclic amines) is 1. The van der Waals surface area contributed by atoms with Crippen molar-refractivity contribution in [1.29, 1.82) is 0 Å². The number of aliphatic carboxylic acids is 1. The molecule has 0 aromatic heterocycles. The SMILES string of the molecule is O=C(O)[C@H]1C[C@@H](O)CN1C(=O)c1ccc(F)c(Cl)c1. The van der Waals surface area contributed by atoms with E-state index in [0.29, 0.717) is 0 Å². The molecule has 0 unspecified atom stereocenters. The zero-order chi connectivity index (χ0) is 14.2. The molecule has 0 spiro atoms. The first kappa shape index (κ1) is 13.8. The zero-order valence-corrected chi connectivity index (χ0v) is 10.5. The number of carboxylic acid groups (broad SMARTS) is 1. The highest BCUT2D eigenvalue weighted by Gasteiger charge is 2.39. The number of carboxylic acids is 1. The van der Waals surface area contributed by atoms with Crippen molar-refractivity contribution in [2.24, 2.45) is 0 Å². The normalized spacial score (nSPS) is 22.6. The van der Waals surface area contributed by atoms with Crippen LogP contribution in [0.3, 0.4) is 0 Å². The van der Waals surface area contributed by atoms with Crippen molar-refractivity contribution in [1.82, 2.24) is 4.90 Å². The summed E-state index contributed by atoms with van der Waals surface area (Å²) in [7, 11) is 0. The summed E-state index contributed by atoms with van der Waals surface area (Å²) in [5, 5.41) is 18.3. The first-order chi connectivity index (χ1) is 8.90. The van der Waals surface area contributed by atoms with Gasteiger partial charge in [-0.2, -0.15) is 0 Å². The van der Waals surface area contributed by atoms with E-state index in [1.165, 1.54) is 6.07 Å². The van der Waals surface area contributed by atoms with E-state index < -0.39 is 29.8 Å². The van der Waals surface area contributed by atoms with Gasteiger partial charge in [-0.1, -0.05) is 11.6 Å². The second-order valence-electron chi connectivity index (χ2n) is 4.33. The van der Waals surface area contributed by atoms with Crippen molar-refractivity contribution < 1.29 is 24.2 Å². The lowest BCUT2D eigenvalue weighted by molar-refractivity contribution is -0.141. The van der Waals surface area contributed by atoms with E-state index in [-0.39, 0.29) is 23.6 Å². The molecule has 1 fully saturated rings. The van der Waals surface area contributed by atoms with Crippen molar-refractivity contribution in [2.45, 2.75) is 18.6 Å². The Morgan fingerprint density at radius 2 is 2.11 bits per heavy atom. The minimum atomic E-state index is -1.18. The van der Waals surface area contributed by atoms with Crippen LogP contribution in [0.15, 0.2) is 18.2 Å². The molecular weight excluding hydrogens is 277 g/mol. The van der Waals surface area contributed by atoms with E-state index in [0.717, 1.165) is 17.0 Å². The average Bonchev–Trinajstić information content (AvgIpc) is 2.74. The molecule has 2 N–H and O–H groups in total. The van der Waals surface area contributed by atoms with Gasteiger partial charge >= 0.3 is 5.97 Å². The van der Waals surface area contributed by atoms with Crippen molar-refractivity contribution >= 4 is 23.5 Å². The highest BCUT2D eigenvalue weighted by atomic mass is 35.5. The molecule has 0 saturated carbocycles. The van der Waals surface area contributed by atoms with Gasteiger partial charge in [-0.25, -0.2) is 9.18 Å². The molecule has 1 aromatic rings. The maximum absolute atomic E-state index is 13.0. The lowest BCUT2D eigenvalue weighted by atomic mass is 10.1. The Morgan fingerprint density at radius 3 is 2.68 bits per heavy atom. The van der Waals surface area contributed by atoms with E-state index >= 15 is 0 Å². The summed E-state index contributed by atoms with van der Waals surface area (Å²) in [4.78, 5) is 24.2. The van der Waals surface area contributed by atoms with Crippen LogP contribution in [0, 0.1) is 5.82 Å². The van der Waals surface area contributed by atoms with E-state index in [4.69, 9.17) is 16.7 Å². The number of halogens is 2. The molecule has 1 aromatic carbocycles. The summed E-state index contributed by atoms with van der Waals surface area (Å²) in [5.74, 6) is -2.43. The predicted molar refractivity (Wildman–Crippen MR) is 64.5 cm³/mol. The third kappa shape index (κ3) is 2.69. The van der Waals surface area contributed by atoms with Crippen LogP contribution in [-0.4, -0.2) is 45.7 Å². The molecular formula is C12H11ClFNO4. The largest absolute Gasteiger partial charge is 0.480 e. The summed E-state index contributed by atoms with van der Waals surface area (Å²) in [6.45, 7) is -0.0647. The maximum atomic E-state index is 13.0. The van der Waals surface area contributed by atoms with Crippen molar-refractivity contribution in [3.05, 3.63) is 34.6 Å². The third-order valence-corrected chi connectivity index (χ3v) is 3.28. The Hall–Kier alpha value is -1.66. The van der Waals surface area contributed by atoms with Crippen LogP contribution in [0.4, 0.5) is 4.39 Å². The first-order valence-corrected chi connectivity index (χ1v) is 5.95. The summed E-state index contributed by atoms with van der Waals surface area (Å²) in [6, 6.07) is 2.33. The van der Waals surface area contributed by atoms with Gasteiger partial charge in [0, 0.05) is 18.5 Å². The number of β-amino-alcohol motifs (C(OH)–C–C–N with tert-alkyl or cyclic N) is 1. The fraction of sp³-hybridized carbons (Fsp3) is 0.333. The Morgan fingerprint density at radius 1 is 1.42 bits per heavy atom. The Kier molecular flexibility index (Phi) is 3.73. The molecule has 0 radical (unpaired) electrons. The smallest absolute Gasteiger partial charge is 0.326 e. The van der Waals surface area contributed by atoms with E-state index in [1.807, 2.05) is 0 Å². The highest BCUT2D eigenvalue weighted by Crippen LogP contribution is 2.23. The lowest BCUT2D eigenvalue weighted by Gasteiger charge is -2.21. The Labute approximate surface area is 113 Å².